The van der Waals surface area contributed by atoms with Gasteiger partial charge in [-0.2, -0.15) is 0 Å². The summed E-state index contributed by atoms with van der Waals surface area (Å²) < 4.78 is 0. The molecule has 1 saturated carbocycles. The molecule has 1 aliphatic carbocycles. The topological polar surface area (TPSA) is 59.6 Å². The van der Waals surface area contributed by atoms with Gasteiger partial charge in [-0.15, -0.1) is 0 Å². The van der Waals surface area contributed by atoms with Crippen molar-refractivity contribution in [2.75, 3.05) is 11.0 Å². The number of carbonyl (C=O) groups is 1. The standard InChI is InChI=1S/C18H20N2O3/c21-18-16(22-19-14-8-3-1-4-9-14)12-7-13-17(18)23-20-15-10-5-2-6-11-15/h1-6,8-11,16-17,19-20H,7,12-13H2/t16-,17-/m0/s1. The Morgan fingerprint density at radius 3 is 1.61 bits per heavy atom. The van der Waals surface area contributed by atoms with Crippen molar-refractivity contribution < 1.29 is 14.5 Å². The maximum Gasteiger partial charge on any atom is 0.195 e. The quantitative estimate of drug-likeness (QED) is 0.799. The van der Waals surface area contributed by atoms with Gasteiger partial charge < -0.3 is 0 Å². The molecule has 120 valence electrons. The van der Waals surface area contributed by atoms with Gasteiger partial charge in [0.1, 0.15) is 12.2 Å². The van der Waals surface area contributed by atoms with E-state index in [1.165, 1.54) is 0 Å². The summed E-state index contributed by atoms with van der Waals surface area (Å²) in [6, 6.07) is 19.0. The molecule has 2 atom stereocenters. The highest BCUT2D eigenvalue weighted by atomic mass is 16.7. The van der Waals surface area contributed by atoms with Gasteiger partial charge in [-0.25, -0.2) is 0 Å². The number of nitrogens with one attached hydrogen (secondary N) is 2. The lowest BCUT2D eigenvalue weighted by atomic mass is 9.94. The summed E-state index contributed by atoms with van der Waals surface area (Å²) >= 11 is 0. The number of hydrogen-bond donors (Lipinski definition) is 2. The first kappa shape index (κ1) is 15.5. The van der Waals surface area contributed by atoms with Gasteiger partial charge in [0.05, 0.1) is 11.4 Å². The molecule has 2 N–H and O–H groups in total. The van der Waals surface area contributed by atoms with E-state index >= 15 is 0 Å². The Hall–Kier alpha value is -2.37. The van der Waals surface area contributed by atoms with Crippen LogP contribution in [0.1, 0.15) is 19.3 Å². The Morgan fingerprint density at radius 2 is 1.17 bits per heavy atom. The van der Waals surface area contributed by atoms with Crippen molar-refractivity contribution in [2.24, 2.45) is 0 Å². The number of benzene rings is 2. The van der Waals surface area contributed by atoms with Crippen LogP contribution in [0.15, 0.2) is 60.7 Å². The van der Waals surface area contributed by atoms with Gasteiger partial charge in [0, 0.05) is 0 Å². The molecule has 2 aromatic rings. The van der Waals surface area contributed by atoms with Crippen molar-refractivity contribution in [2.45, 2.75) is 31.5 Å². The molecule has 5 nitrogen and oxygen atoms in total. The predicted molar refractivity (Wildman–Crippen MR) is 88.7 cm³/mol. The maximum absolute atomic E-state index is 12.4. The lowest BCUT2D eigenvalue weighted by Gasteiger charge is -2.27. The molecule has 0 aromatic heterocycles. The lowest BCUT2D eigenvalue weighted by Crippen LogP contribution is -2.41. The third kappa shape index (κ3) is 4.31. The summed E-state index contributed by atoms with van der Waals surface area (Å²) in [6.45, 7) is 0. The average Bonchev–Trinajstić information content (AvgIpc) is 2.61. The van der Waals surface area contributed by atoms with Crippen LogP contribution >= 0.6 is 0 Å². The Balaban J connectivity index is 1.51. The van der Waals surface area contributed by atoms with Crippen LogP contribution < -0.4 is 11.0 Å². The molecular formula is C18H20N2O3. The summed E-state index contributed by atoms with van der Waals surface area (Å²) in [5.74, 6) is -0.0388. The first-order valence-electron chi connectivity index (χ1n) is 7.80. The zero-order valence-electron chi connectivity index (χ0n) is 12.8. The molecule has 0 spiro atoms. The largest absolute Gasteiger partial charge is 0.294 e. The minimum absolute atomic E-state index is 0.0388. The first-order valence-corrected chi connectivity index (χ1v) is 7.80. The van der Waals surface area contributed by atoms with E-state index in [1.807, 2.05) is 60.7 Å². The van der Waals surface area contributed by atoms with Crippen molar-refractivity contribution in [3.63, 3.8) is 0 Å². The van der Waals surface area contributed by atoms with E-state index in [1.54, 1.807) is 0 Å². The van der Waals surface area contributed by atoms with Gasteiger partial charge in [-0.05, 0) is 43.5 Å². The van der Waals surface area contributed by atoms with Gasteiger partial charge >= 0.3 is 0 Å². The molecule has 0 heterocycles. The molecular weight excluding hydrogens is 292 g/mol. The number of hydrogen-bond acceptors (Lipinski definition) is 5. The monoisotopic (exact) mass is 312 g/mol. The molecule has 0 radical (unpaired) electrons. The Kier molecular flexibility index (Phi) is 5.24. The van der Waals surface area contributed by atoms with E-state index in [9.17, 15) is 4.79 Å². The van der Waals surface area contributed by atoms with Gasteiger partial charge in [-0.3, -0.25) is 25.4 Å². The second-order valence-corrected chi connectivity index (χ2v) is 5.48. The molecule has 2 aromatic carbocycles. The highest BCUT2D eigenvalue weighted by Gasteiger charge is 2.33. The third-order valence-electron chi connectivity index (χ3n) is 3.75. The molecule has 0 saturated heterocycles. The fourth-order valence-electron chi connectivity index (χ4n) is 2.51. The molecule has 3 rings (SSSR count). The summed E-state index contributed by atoms with van der Waals surface area (Å²) in [6.07, 6.45) is 1.29. The Morgan fingerprint density at radius 1 is 0.739 bits per heavy atom. The minimum atomic E-state index is -0.494. The summed E-state index contributed by atoms with van der Waals surface area (Å²) in [7, 11) is 0. The second kappa shape index (κ2) is 7.76. The van der Waals surface area contributed by atoms with Gasteiger partial charge in [-0.1, -0.05) is 36.4 Å². The number of rotatable bonds is 6. The van der Waals surface area contributed by atoms with Crippen molar-refractivity contribution >= 4 is 17.2 Å². The van der Waals surface area contributed by atoms with Gasteiger partial charge in [0.2, 0.25) is 0 Å². The molecule has 1 fully saturated rings. The van der Waals surface area contributed by atoms with Crippen molar-refractivity contribution in [3.8, 4) is 0 Å². The van der Waals surface area contributed by atoms with Crippen LogP contribution in [0, 0.1) is 0 Å². The third-order valence-corrected chi connectivity index (χ3v) is 3.75. The Bertz CT molecular complexity index is 565. The molecule has 0 aliphatic heterocycles. The molecule has 0 unspecified atom stereocenters. The van der Waals surface area contributed by atoms with Crippen molar-refractivity contribution in [1.82, 2.24) is 0 Å². The van der Waals surface area contributed by atoms with Crippen LogP contribution in [0.5, 0.6) is 0 Å². The minimum Gasteiger partial charge on any atom is -0.294 e. The van der Waals surface area contributed by atoms with E-state index < -0.39 is 12.2 Å². The smallest absolute Gasteiger partial charge is 0.195 e. The predicted octanol–water partition coefficient (Wildman–Crippen LogP) is 3.56. The van der Waals surface area contributed by atoms with E-state index in [0.29, 0.717) is 12.8 Å². The van der Waals surface area contributed by atoms with Gasteiger partial charge in [0.15, 0.2) is 5.78 Å². The van der Waals surface area contributed by atoms with Crippen LogP contribution in [0.3, 0.4) is 0 Å². The van der Waals surface area contributed by atoms with Crippen molar-refractivity contribution in [3.05, 3.63) is 60.7 Å². The van der Waals surface area contributed by atoms with Crippen LogP contribution in [-0.4, -0.2) is 18.0 Å². The van der Waals surface area contributed by atoms with Crippen molar-refractivity contribution in [1.29, 1.82) is 0 Å². The van der Waals surface area contributed by atoms with Crippen LogP contribution in [0.2, 0.25) is 0 Å². The van der Waals surface area contributed by atoms with E-state index in [0.717, 1.165) is 17.8 Å². The molecule has 0 bridgehead atoms. The van der Waals surface area contributed by atoms with E-state index in [4.69, 9.17) is 9.68 Å². The average molecular weight is 312 g/mol. The SMILES string of the molecule is O=C1[C@@H](ONc2ccccc2)CCC[C@@H]1ONc1ccccc1. The zero-order chi connectivity index (χ0) is 15.9. The van der Waals surface area contributed by atoms with Crippen LogP contribution in [-0.2, 0) is 14.5 Å². The zero-order valence-corrected chi connectivity index (χ0v) is 12.8. The number of carbonyl (C=O) groups excluding carboxylic acids is 1. The fourth-order valence-corrected chi connectivity index (χ4v) is 2.51. The molecule has 23 heavy (non-hydrogen) atoms. The number of Topliss-reactive ketones (excluding diaryl/α,β-unsaturated/α-hetero) is 1. The first-order chi connectivity index (χ1) is 11.3. The van der Waals surface area contributed by atoms with Gasteiger partial charge in [0.25, 0.3) is 0 Å². The number of anilines is 2. The highest BCUT2D eigenvalue weighted by molar-refractivity contribution is 5.88. The van der Waals surface area contributed by atoms with Crippen LogP contribution in [0.25, 0.3) is 0 Å². The van der Waals surface area contributed by atoms with E-state index in [2.05, 4.69) is 11.0 Å². The normalized spacial score (nSPS) is 21.0. The maximum atomic E-state index is 12.4. The molecule has 5 heteroatoms. The fraction of sp³-hybridized carbons (Fsp3) is 0.278. The number of ketones is 1. The summed E-state index contributed by atoms with van der Waals surface area (Å²) in [5, 5.41) is 0. The number of para-hydroxylation sites is 2. The molecule has 0 amide bonds. The van der Waals surface area contributed by atoms with Crippen LogP contribution in [0.4, 0.5) is 11.4 Å². The Labute approximate surface area is 135 Å². The van der Waals surface area contributed by atoms with E-state index in [-0.39, 0.29) is 5.78 Å². The second-order valence-electron chi connectivity index (χ2n) is 5.48. The summed E-state index contributed by atoms with van der Waals surface area (Å²) in [5.41, 5.74) is 7.33. The summed E-state index contributed by atoms with van der Waals surface area (Å²) in [4.78, 5) is 23.6. The molecule has 1 aliphatic rings. The highest BCUT2D eigenvalue weighted by Crippen LogP contribution is 2.22. The lowest BCUT2D eigenvalue weighted by molar-refractivity contribution is -0.143.